The lowest BCUT2D eigenvalue weighted by Crippen LogP contribution is -2.28. The summed E-state index contributed by atoms with van der Waals surface area (Å²) < 4.78 is 19.3. The molecule has 0 unspecified atom stereocenters. The SMILES string of the molecule is CNc1nc(C2(OC)CCCC2)nc(C)c1F. The Labute approximate surface area is 101 Å². The molecule has 0 aromatic carbocycles. The number of rotatable bonds is 3. The highest BCUT2D eigenvalue weighted by atomic mass is 19.1. The fourth-order valence-electron chi connectivity index (χ4n) is 2.39. The van der Waals surface area contributed by atoms with Crippen LogP contribution in [0.15, 0.2) is 0 Å². The first kappa shape index (κ1) is 12.2. The zero-order chi connectivity index (χ0) is 12.5. The maximum atomic E-state index is 13.7. The van der Waals surface area contributed by atoms with Gasteiger partial charge in [-0.3, -0.25) is 0 Å². The summed E-state index contributed by atoms with van der Waals surface area (Å²) in [6.45, 7) is 1.65. The first-order valence-corrected chi connectivity index (χ1v) is 5.90. The van der Waals surface area contributed by atoms with E-state index in [1.54, 1.807) is 21.1 Å². The minimum absolute atomic E-state index is 0.246. The first-order chi connectivity index (χ1) is 8.13. The Kier molecular flexibility index (Phi) is 3.28. The van der Waals surface area contributed by atoms with Crippen LogP contribution in [0.1, 0.15) is 37.2 Å². The predicted octanol–water partition coefficient (Wildman–Crippen LogP) is 2.38. The average Bonchev–Trinajstić information content (AvgIpc) is 2.82. The normalized spacial score (nSPS) is 18.4. The molecule has 1 N–H and O–H groups in total. The van der Waals surface area contributed by atoms with Gasteiger partial charge in [-0.1, -0.05) is 0 Å². The van der Waals surface area contributed by atoms with Crippen molar-refractivity contribution in [2.45, 2.75) is 38.2 Å². The van der Waals surface area contributed by atoms with Crippen molar-refractivity contribution in [3.05, 3.63) is 17.3 Å². The predicted molar refractivity (Wildman–Crippen MR) is 63.4 cm³/mol. The second kappa shape index (κ2) is 4.56. The smallest absolute Gasteiger partial charge is 0.186 e. The second-order valence-corrected chi connectivity index (χ2v) is 4.45. The van der Waals surface area contributed by atoms with E-state index in [1.807, 2.05) is 0 Å². The third kappa shape index (κ3) is 1.99. The number of nitrogens with one attached hydrogen (secondary N) is 1. The summed E-state index contributed by atoms with van der Waals surface area (Å²) in [5.74, 6) is 0.456. The van der Waals surface area contributed by atoms with E-state index in [2.05, 4.69) is 15.3 Å². The van der Waals surface area contributed by atoms with Crippen molar-refractivity contribution in [1.82, 2.24) is 9.97 Å². The number of ether oxygens (including phenoxy) is 1. The second-order valence-electron chi connectivity index (χ2n) is 4.45. The van der Waals surface area contributed by atoms with Crippen LogP contribution in [0.2, 0.25) is 0 Å². The molecule has 0 bridgehead atoms. The maximum absolute atomic E-state index is 13.7. The molecule has 1 heterocycles. The van der Waals surface area contributed by atoms with Crippen molar-refractivity contribution >= 4 is 5.82 Å². The van der Waals surface area contributed by atoms with Gasteiger partial charge in [-0.05, 0) is 32.6 Å². The number of aryl methyl sites for hydroxylation is 1. The van der Waals surface area contributed by atoms with Gasteiger partial charge in [-0.25, -0.2) is 14.4 Å². The molecule has 1 aromatic rings. The summed E-state index contributed by atoms with van der Waals surface area (Å²) in [5, 5.41) is 2.76. The number of nitrogens with zero attached hydrogens (tertiary/aromatic N) is 2. The summed E-state index contributed by atoms with van der Waals surface area (Å²) in [4.78, 5) is 8.51. The van der Waals surface area contributed by atoms with Gasteiger partial charge < -0.3 is 10.1 Å². The molecular weight excluding hydrogens is 221 g/mol. The number of anilines is 1. The Morgan fingerprint density at radius 1 is 1.29 bits per heavy atom. The van der Waals surface area contributed by atoms with Crippen LogP contribution < -0.4 is 5.32 Å². The van der Waals surface area contributed by atoms with E-state index >= 15 is 0 Å². The third-order valence-corrected chi connectivity index (χ3v) is 3.46. The van der Waals surface area contributed by atoms with Crippen molar-refractivity contribution in [3.8, 4) is 0 Å². The van der Waals surface area contributed by atoms with Crippen molar-refractivity contribution in [2.24, 2.45) is 0 Å². The highest BCUT2D eigenvalue weighted by molar-refractivity contribution is 5.38. The number of halogens is 1. The molecule has 0 saturated heterocycles. The Balaban J connectivity index is 2.48. The summed E-state index contributed by atoms with van der Waals surface area (Å²) in [7, 11) is 3.33. The van der Waals surface area contributed by atoms with Crippen LogP contribution in [0.25, 0.3) is 0 Å². The van der Waals surface area contributed by atoms with Gasteiger partial charge in [0.1, 0.15) is 5.60 Å². The molecule has 94 valence electrons. The number of hydrogen-bond acceptors (Lipinski definition) is 4. The lowest BCUT2D eigenvalue weighted by atomic mass is 10.0. The quantitative estimate of drug-likeness (QED) is 0.879. The standard InChI is InChI=1S/C12H18FN3O/c1-8-9(13)10(14-2)16-11(15-8)12(17-3)6-4-5-7-12/h4-7H2,1-3H3,(H,14,15,16). The van der Waals surface area contributed by atoms with Crippen LogP contribution in [0.4, 0.5) is 10.2 Å². The summed E-state index contributed by atoms with van der Waals surface area (Å²) in [5.41, 5.74) is -0.0629. The Hall–Kier alpha value is -1.23. The summed E-state index contributed by atoms with van der Waals surface area (Å²) in [6, 6.07) is 0. The van der Waals surface area contributed by atoms with Gasteiger partial charge in [0.25, 0.3) is 0 Å². The Morgan fingerprint density at radius 2 is 1.94 bits per heavy atom. The zero-order valence-electron chi connectivity index (χ0n) is 10.5. The molecule has 2 rings (SSSR count). The van der Waals surface area contributed by atoms with Gasteiger partial charge >= 0.3 is 0 Å². The number of aromatic nitrogens is 2. The molecule has 1 aliphatic rings. The Morgan fingerprint density at radius 3 is 2.47 bits per heavy atom. The summed E-state index contributed by atoms with van der Waals surface area (Å²) in [6.07, 6.45) is 4.00. The minimum Gasteiger partial charge on any atom is -0.371 e. The fourth-order valence-corrected chi connectivity index (χ4v) is 2.39. The van der Waals surface area contributed by atoms with E-state index in [0.717, 1.165) is 25.7 Å². The lowest BCUT2D eigenvalue weighted by Gasteiger charge is -2.26. The van der Waals surface area contributed by atoms with E-state index in [1.165, 1.54) is 0 Å². The first-order valence-electron chi connectivity index (χ1n) is 5.90. The van der Waals surface area contributed by atoms with Crippen LogP contribution in [-0.2, 0) is 10.3 Å². The number of methoxy groups -OCH3 is 1. The van der Waals surface area contributed by atoms with Crippen LogP contribution in [0.5, 0.6) is 0 Å². The molecule has 5 heteroatoms. The lowest BCUT2D eigenvalue weighted by molar-refractivity contribution is -0.0164. The molecule has 17 heavy (non-hydrogen) atoms. The van der Waals surface area contributed by atoms with Crippen LogP contribution >= 0.6 is 0 Å². The Bertz CT molecular complexity index is 416. The topological polar surface area (TPSA) is 47.0 Å². The van der Waals surface area contributed by atoms with Gasteiger partial charge in [0.15, 0.2) is 17.5 Å². The molecule has 0 spiro atoms. The fraction of sp³-hybridized carbons (Fsp3) is 0.667. The number of hydrogen-bond donors (Lipinski definition) is 1. The largest absolute Gasteiger partial charge is 0.371 e. The molecule has 1 fully saturated rings. The maximum Gasteiger partial charge on any atom is 0.186 e. The molecule has 4 nitrogen and oxygen atoms in total. The van der Waals surface area contributed by atoms with Gasteiger partial charge in [0.05, 0.1) is 5.69 Å². The van der Waals surface area contributed by atoms with Crippen molar-refractivity contribution in [2.75, 3.05) is 19.5 Å². The highest BCUT2D eigenvalue weighted by Gasteiger charge is 2.39. The molecular formula is C12H18FN3O. The highest BCUT2D eigenvalue weighted by Crippen LogP contribution is 2.40. The van der Waals surface area contributed by atoms with E-state index in [0.29, 0.717) is 11.5 Å². The molecule has 0 atom stereocenters. The average molecular weight is 239 g/mol. The minimum atomic E-state index is -0.427. The molecule has 1 saturated carbocycles. The van der Waals surface area contributed by atoms with Crippen LogP contribution in [-0.4, -0.2) is 24.1 Å². The van der Waals surface area contributed by atoms with E-state index in [4.69, 9.17) is 4.74 Å². The van der Waals surface area contributed by atoms with E-state index < -0.39 is 5.60 Å². The zero-order valence-corrected chi connectivity index (χ0v) is 10.5. The van der Waals surface area contributed by atoms with Gasteiger partial charge in [0.2, 0.25) is 0 Å². The van der Waals surface area contributed by atoms with Gasteiger partial charge in [-0.15, -0.1) is 0 Å². The molecule has 1 aromatic heterocycles. The van der Waals surface area contributed by atoms with E-state index in [-0.39, 0.29) is 11.6 Å². The monoisotopic (exact) mass is 239 g/mol. The molecule has 1 aliphatic carbocycles. The van der Waals surface area contributed by atoms with Crippen LogP contribution in [0, 0.1) is 12.7 Å². The third-order valence-electron chi connectivity index (χ3n) is 3.46. The van der Waals surface area contributed by atoms with E-state index in [9.17, 15) is 4.39 Å². The van der Waals surface area contributed by atoms with Crippen molar-refractivity contribution in [1.29, 1.82) is 0 Å². The molecule has 0 amide bonds. The van der Waals surface area contributed by atoms with Crippen molar-refractivity contribution < 1.29 is 9.13 Å². The van der Waals surface area contributed by atoms with Gasteiger partial charge in [-0.2, -0.15) is 0 Å². The summed E-state index contributed by atoms with van der Waals surface area (Å²) >= 11 is 0. The molecule has 0 radical (unpaired) electrons. The van der Waals surface area contributed by atoms with Crippen molar-refractivity contribution in [3.63, 3.8) is 0 Å². The van der Waals surface area contributed by atoms with Gasteiger partial charge in [0, 0.05) is 14.2 Å². The molecule has 0 aliphatic heterocycles. The van der Waals surface area contributed by atoms with Crippen LogP contribution in [0.3, 0.4) is 0 Å².